The van der Waals surface area contributed by atoms with Crippen molar-refractivity contribution in [1.82, 2.24) is 0 Å². The summed E-state index contributed by atoms with van der Waals surface area (Å²) in [4.78, 5) is 10.8. The van der Waals surface area contributed by atoms with Gasteiger partial charge >= 0.3 is 5.97 Å². The van der Waals surface area contributed by atoms with Gasteiger partial charge in [-0.1, -0.05) is 26.8 Å². The van der Waals surface area contributed by atoms with E-state index in [2.05, 4.69) is 20.8 Å². The zero-order valence-electron chi connectivity index (χ0n) is 19.0. The van der Waals surface area contributed by atoms with Crippen molar-refractivity contribution >= 4 is 5.97 Å². The number of hydrogen-bond donors (Lipinski definition) is 3. The number of carboxylic acids is 1. The van der Waals surface area contributed by atoms with E-state index in [1.165, 1.54) is 0 Å². The molecule has 0 radical (unpaired) electrons. The van der Waals surface area contributed by atoms with Gasteiger partial charge in [0.2, 0.25) is 0 Å². The van der Waals surface area contributed by atoms with Gasteiger partial charge < -0.3 is 30.2 Å². The summed E-state index contributed by atoms with van der Waals surface area (Å²) in [7, 11) is 3.28. The first-order valence-electron chi connectivity index (χ1n) is 10.6. The van der Waals surface area contributed by atoms with Crippen molar-refractivity contribution in [2.24, 2.45) is 17.1 Å². The second-order valence-corrected chi connectivity index (χ2v) is 8.53. The second-order valence-electron chi connectivity index (χ2n) is 8.53. The van der Waals surface area contributed by atoms with Gasteiger partial charge in [-0.25, -0.2) is 0 Å². The Balaban J connectivity index is 2.91. The predicted octanol–water partition coefficient (Wildman–Crippen LogP) is 3.26. The van der Waals surface area contributed by atoms with Gasteiger partial charge in [-0.15, -0.1) is 0 Å². The van der Waals surface area contributed by atoms with Crippen molar-refractivity contribution in [2.45, 2.75) is 65.0 Å². The molecule has 0 aromatic heterocycles. The monoisotopic (exact) mass is 425 g/mol. The highest BCUT2D eigenvalue weighted by atomic mass is 16.5. The third-order valence-electron chi connectivity index (χ3n) is 5.83. The van der Waals surface area contributed by atoms with E-state index in [9.17, 15) is 9.90 Å². The fraction of sp³-hybridized carbons (Fsp3) is 0.696. The maximum absolute atomic E-state index is 10.8. The van der Waals surface area contributed by atoms with Crippen LogP contribution < -0.4 is 15.2 Å². The van der Waals surface area contributed by atoms with Gasteiger partial charge in [-0.05, 0) is 48.3 Å². The largest absolute Gasteiger partial charge is 0.493 e. The van der Waals surface area contributed by atoms with Crippen molar-refractivity contribution in [3.8, 4) is 11.5 Å². The molecule has 1 aromatic carbocycles. The summed E-state index contributed by atoms with van der Waals surface area (Å²) in [5.41, 5.74) is 7.17. The van der Waals surface area contributed by atoms with Crippen LogP contribution in [0.1, 0.15) is 52.0 Å². The Morgan fingerprint density at radius 1 is 1.20 bits per heavy atom. The lowest BCUT2D eigenvalue weighted by molar-refractivity contribution is -0.137. The first kappa shape index (κ1) is 26.2. The molecule has 1 rings (SSSR count). The van der Waals surface area contributed by atoms with Crippen LogP contribution in [0.2, 0.25) is 0 Å². The van der Waals surface area contributed by atoms with Crippen molar-refractivity contribution in [3.63, 3.8) is 0 Å². The third kappa shape index (κ3) is 8.50. The number of aliphatic carboxylic acids is 1. The normalized spacial score (nSPS) is 15.5. The number of benzene rings is 1. The van der Waals surface area contributed by atoms with E-state index < -0.39 is 18.1 Å². The molecule has 7 heteroatoms. The Kier molecular flexibility index (Phi) is 11.2. The molecule has 0 saturated heterocycles. The fourth-order valence-electron chi connectivity index (χ4n) is 3.47. The Hall–Kier alpha value is -1.83. The van der Waals surface area contributed by atoms with Crippen molar-refractivity contribution < 1.29 is 29.2 Å². The highest BCUT2D eigenvalue weighted by Gasteiger charge is 2.33. The van der Waals surface area contributed by atoms with Crippen LogP contribution in [-0.4, -0.2) is 55.8 Å². The first-order chi connectivity index (χ1) is 14.1. The van der Waals surface area contributed by atoms with Crippen LogP contribution in [0.4, 0.5) is 0 Å². The Bertz CT molecular complexity index is 651. The number of methoxy groups -OCH3 is 2. The minimum Gasteiger partial charge on any atom is -0.493 e. The molecule has 0 saturated carbocycles. The van der Waals surface area contributed by atoms with E-state index in [0.717, 1.165) is 18.4 Å². The van der Waals surface area contributed by atoms with Crippen LogP contribution in [0, 0.1) is 11.3 Å². The van der Waals surface area contributed by atoms with E-state index in [4.69, 9.17) is 25.1 Å². The maximum atomic E-state index is 10.8. The van der Waals surface area contributed by atoms with E-state index in [0.29, 0.717) is 37.1 Å². The van der Waals surface area contributed by atoms with E-state index in [-0.39, 0.29) is 18.3 Å². The molecular formula is C23H39NO6. The van der Waals surface area contributed by atoms with E-state index in [1.54, 1.807) is 14.2 Å². The standard InChI is InChI=1S/C23H39NO6/c1-16(2)23(3,15-18(24)19(25)8-10-22(26)27)14-17-7-9-20(29-5)21(13-17)30-12-6-11-28-4/h7,9,13,16,18-19,25H,6,8,10-12,14-15,24H2,1-5H3,(H,26,27)/t18-,19-,23+/m0/s1. The Labute approximate surface area is 180 Å². The Morgan fingerprint density at radius 2 is 1.90 bits per heavy atom. The van der Waals surface area contributed by atoms with E-state index >= 15 is 0 Å². The lowest BCUT2D eigenvalue weighted by Crippen LogP contribution is -2.42. The summed E-state index contributed by atoms with van der Waals surface area (Å²) < 4.78 is 16.4. The van der Waals surface area contributed by atoms with Gasteiger partial charge in [0.05, 0.1) is 19.8 Å². The lowest BCUT2D eigenvalue weighted by Gasteiger charge is -2.37. The van der Waals surface area contributed by atoms with Crippen LogP contribution in [0.25, 0.3) is 0 Å². The highest BCUT2D eigenvalue weighted by molar-refractivity contribution is 5.66. The molecular weight excluding hydrogens is 386 g/mol. The summed E-state index contributed by atoms with van der Waals surface area (Å²) in [6, 6.07) is 5.44. The summed E-state index contributed by atoms with van der Waals surface area (Å²) in [6.45, 7) is 7.61. The molecule has 0 bridgehead atoms. The molecule has 7 nitrogen and oxygen atoms in total. The van der Waals surface area contributed by atoms with Gasteiger partial charge in [0.25, 0.3) is 0 Å². The third-order valence-corrected chi connectivity index (χ3v) is 5.83. The average Bonchev–Trinajstić information content (AvgIpc) is 2.69. The van der Waals surface area contributed by atoms with Crippen molar-refractivity contribution in [3.05, 3.63) is 23.8 Å². The van der Waals surface area contributed by atoms with Gasteiger partial charge in [-0.3, -0.25) is 4.79 Å². The van der Waals surface area contributed by atoms with Crippen LogP contribution in [-0.2, 0) is 16.0 Å². The number of aliphatic hydroxyl groups excluding tert-OH is 1. The number of hydrogen-bond acceptors (Lipinski definition) is 6. The first-order valence-corrected chi connectivity index (χ1v) is 10.6. The average molecular weight is 426 g/mol. The van der Waals surface area contributed by atoms with Gasteiger partial charge in [0.1, 0.15) is 0 Å². The molecule has 0 aliphatic heterocycles. The van der Waals surface area contributed by atoms with Gasteiger partial charge in [0, 0.05) is 32.6 Å². The molecule has 0 fully saturated rings. The minimum atomic E-state index is -0.927. The summed E-state index contributed by atoms with van der Waals surface area (Å²) in [5, 5.41) is 19.1. The smallest absolute Gasteiger partial charge is 0.303 e. The summed E-state index contributed by atoms with van der Waals surface area (Å²) in [5.74, 6) is 0.763. The highest BCUT2D eigenvalue weighted by Crippen LogP contribution is 2.38. The number of carboxylic acid groups (broad SMARTS) is 1. The molecule has 30 heavy (non-hydrogen) atoms. The van der Waals surface area contributed by atoms with Gasteiger partial charge in [0.15, 0.2) is 11.5 Å². The van der Waals surface area contributed by atoms with Crippen LogP contribution in [0.3, 0.4) is 0 Å². The number of carbonyl (C=O) groups is 1. The Morgan fingerprint density at radius 3 is 2.47 bits per heavy atom. The van der Waals surface area contributed by atoms with Crippen LogP contribution >= 0.6 is 0 Å². The number of nitrogens with two attached hydrogens (primary N) is 1. The molecule has 0 amide bonds. The van der Waals surface area contributed by atoms with Crippen LogP contribution in [0.15, 0.2) is 18.2 Å². The molecule has 172 valence electrons. The molecule has 0 aliphatic rings. The lowest BCUT2D eigenvalue weighted by atomic mass is 9.69. The summed E-state index contributed by atoms with van der Waals surface area (Å²) >= 11 is 0. The number of aliphatic hydroxyl groups is 1. The van der Waals surface area contributed by atoms with Gasteiger partial charge in [-0.2, -0.15) is 0 Å². The molecule has 0 aliphatic carbocycles. The minimum absolute atomic E-state index is 0.0878. The van der Waals surface area contributed by atoms with Crippen molar-refractivity contribution in [1.29, 1.82) is 0 Å². The quantitative estimate of drug-likeness (QED) is 0.370. The molecule has 0 heterocycles. The molecule has 1 aromatic rings. The maximum Gasteiger partial charge on any atom is 0.303 e. The number of ether oxygens (including phenoxy) is 3. The molecule has 0 spiro atoms. The zero-order chi connectivity index (χ0) is 22.7. The predicted molar refractivity (Wildman–Crippen MR) is 117 cm³/mol. The zero-order valence-corrected chi connectivity index (χ0v) is 19.0. The number of rotatable bonds is 15. The second kappa shape index (κ2) is 12.8. The SMILES string of the molecule is COCCCOc1cc(C[C@](C)(C[C@H](N)[C@@H](O)CCC(=O)O)C(C)C)ccc1OC. The molecule has 4 N–H and O–H groups in total. The van der Waals surface area contributed by atoms with Crippen LogP contribution in [0.5, 0.6) is 11.5 Å². The van der Waals surface area contributed by atoms with E-state index in [1.807, 2.05) is 18.2 Å². The summed E-state index contributed by atoms with van der Waals surface area (Å²) in [6.07, 6.45) is 1.36. The molecule has 3 atom stereocenters. The fourth-order valence-corrected chi connectivity index (χ4v) is 3.47. The molecule has 0 unspecified atom stereocenters. The van der Waals surface area contributed by atoms with Crippen molar-refractivity contribution in [2.75, 3.05) is 27.4 Å². The topological polar surface area (TPSA) is 111 Å².